The largest absolute Gasteiger partial charge is 0.457 e. The van der Waals surface area contributed by atoms with E-state index < -0.39 is 0 Å². The van der Waals surface area contributed by atoms with Crippen molar-refractivity contribution in [2.24, 2.45) is 0 Å². The molecule has 0 aliphatic carbocycles. The lowest BCUT2D eigenvalue weighted by molar-refractivity contribution is 0.102. The van der Waals surface area contributed by atoms with Crippen LogP contribution in [0.4, 0.5) is 11.4 Å². The Balaban J connectivity index is 1.30. The number of hydrogen-bond acceptors (Lipinski definition) is 5. The van der Waals surface area contributed by atoms with E-state index in [-0.39, 0.29) is 12.0 Å². The molecule has 0 radical (unpaired) electrons. The van der Waals surface area contributed by atoms with Gasteiger partial charge in [0.1, 0.15) is 17.2 Å². The second kappa shape index (κ2) is 9.21. The maximum atomic E-state index is 12.4. The highest BCUT2D eigenvalue weighted by Crippen LogP contribution is 2.23. The van der Waals surface area contributed by atoms with Crippen LogP contribution < -0.4 is 15.4 Å². The fourth-order valence-electron chi connectivity index (χ4n) is 3.10. The minimum atomic E-state index is -0.257. The van der Waals surface area contributed by atoms with Crippen molar-refractivity contribution < 1.29 is 14.3 Å². The number of anilines is 2. The van der Waals surface area contributed by atoms with E-state index >= 15 is 0 Å². The molecular weight excluding hydrogens is 366 g/mol. The highest BCUT2D eigenvalue weighted by atomic mass is 16.5. The van der Waals surface area contributed by atoms with Gasteiger partial charge in [-0.15, -0.1) is 0 Å². The fraction of sp³-hybridized carbons (Fsp3) is 0.217. The first-order chi connectivity index (χ1) is 14.3. The van der Waals surface area contributed by atoms with E-state index in [2.05, 4.69) is 15.6 Å². The Morgan fingerprint density at radius 1 is 1.00 bits per heavy atom. The van der Waals surface area contributed by atoms with Crippen LogP contribution in [-0.2, 0) is 4.74 Å². The molecule has 4 rings (SSSR count). The summed E-state index contributed by atoms with van der Waals surface area (Å²) in [5.74, 6) is 1.21. The topological polar surface area (TPSA) is 72.5 Å². The molecule has 6 nitrogen and oxygen atoms in total. The molecule has 1 saturated heterocycles. The summed E-state index contributed by atoms with van der Waals surface area (Å²) in [7, 11) is 0. The van der Waals surface area contributed by atoms with Crippen molar-refractivity contribution in [3.8, 4) is 11.5 Å². The number of rotatable bonds is 7. The molecule has 2 aromatic carbocycles. The molecule has 2 heterocycles. The van der Waals surface area contributed by atoms with E-state index in [0.29, 0.717) is 17.1 Å². The highest BCUT2D eigenvalue weighted by molar-refractivity contribution is 6.02. The number of benzene rings is 2. The Bertz CT molecular complexity index is 922. The van der Waals surface area contributed by atoms with Crippen LogP contribution in [0.2, 0.25) is 0 Å². The van der Waals surface area contributed by atoms with Crippen LogP contribution >= 0.6 is 0 Å². The van der Waals surface area contributed by atoms with Gasteiger partial charge in [0, 0.05) is 18.8 Å². The molecule has 0 bridgehead atoms. The number of ether oxygens (including phenoxy) is 2. The minimum absolute atomic E-state index is 0.256. The number of nitrogens with zero attached hydrogens (tertiary/aromatic N) is 1. The lowest BCUT2D eigenvalue weighted by Crippen LogP contribution is -2.19. The molecule has 1 amide bonds. The highest BCUT2D eigenvalue weighted by Gasteiger charge is 2.15. The number of pyridine rings is 1. The van der Waals surface area contributed by atoms with Crippen molar-refractivity contribution >= 4 is 17.3 Å². The van der Waals surface area contributed by atoms with Gasteiger partial charge in [-0.3, -0.25) is 4.79 Å². The van der Waals surface area contributed by atoms with E-state index in [0.717, 1.165) is 37.4 Å². The first kappa shape index (κ1) is 19.0. The predicted octanol–water partition coefficient (Wildman–Crippen LogP) is 4.72. The summed E-state index contributed by atoms with van der Waals surface area (Å²) < 4.78 is 11.3. The first-order valence-electron chi connectivity index (χ1n) is 9.72. The smallest absolute Gasteiger partial charge is 0.274 e. The summed E-state index contributed by atoms with van der Waals surface area (Å²) in [5.41, 5.74) is 1.91. The van der Waals surface area contributed by atoms with Crippen molar-refractivity contribution in [1.82, 2.24) is 4.98 Å². The average Bonchev–Trinajstić information content (AvgIpc) is 3.28. The summed E-state index contributed by atoms with van der Waals surface area (Å²) in [6, 6.07) is 20.3. The molecule has 29 heavy (non-hydrogen) atoms. The minimum Gasteiger partial charge on any atom is -0.457 e. The molecule has 6 heteroatoms. The van der Waals surface area contributed by atoms with Crippen LogP contribution in [0.5, 0.6) is 11.5 Å². The van der Waals surface area contributed by atoms with Gasteiger partial charge in [0.05, 0.1) is 18.0 Å². The third-order valence-electron chi connectivity index (χ3n) is 4.65. The van der Waals surface area contributed by atoms with Crippen molar-refractivity contribution in [3.05, 3.63) is 78.6 Å². The van der Waals surface area contributed by atoms with Crippen molar-refractivity contribution in [1.29, 1.82) is 0 Å². The Morgan fingerprint density at radius 3 is 2.45 bits per heavy atom. The van der Waals surface area contributed by atoms with E-state index in [1.165, 1.54) is 0 Å². The third-order valence-corrected chi connectivity index (χ3v) is 4.65. The maximum absolute atomic E-state index is 12.4. The van der Waals surface area contributed by atoms with Crippen LogP contribution in [0.15, 0.2) is 72.9 Å². The van der Waals surface area contributed by atoms with Gasteiger partial charge in [0.2, 0.25) is 0 Å². The molecule has 0 spiro atoms. The molecule has 1 aliphatic rings. The second-order valence-corrected chi connectivity index (χ2v) is 6.84. The zero-order valence-electron chi connectivity index (χ0n) is 16.0. The van der Waals surface area contributed by atoms with Crippen molar-refractivity contribution in [3.63, 3.8) is 0 Å². The Labute approximate surface area is 169 Å². The average molecular weight is 389 g/mol. The van der Waals surface area contributed by atoms with Crippen molar-refractivity contribution in [2.75, 3.05) is 23.8 Å². The maximum Gasteiger partial charge on any atom is 0.274 e. The quantitative estimate of drug-likeness (QED) is 0.612. The number of hydrogen-bond donors (Lipinski definition) is 2. The Morgan fingerprint density at radius 2 is 1.76 bits per heavy atom. The Kier molecular flexibility index (Phi) is 6.02. The number of amides is 1. The molecule has 1 aliphatic heterocycles. The Hall–Kier alpha value is -3.38. The second-order valence-electron chi connectivity index (χ2n) is 6.84. The molecule has 1 atom stereocenters. The molecule has 1 unspecified atom stereocenters. The van der Waals surface area contributed by atoms with Gasteiger partial charge < -0.3 is 20.1 Å². The monoisotopic (exact) mass is 389 g/mol. The molecule has 1 aromatic heterocycles. The van der Waals surface area contributed by atoms with Gasteiger partial charge >= 0.3 is 0 Å². The zero-order valence-corrected chi connectivity index (χ0v) is 16.0. The van der Waals surface area contributed by atoms with E-state index in [1.54, 1.807) is 24.4 Å². The summed E-state index contributed by atoms with van der Waals surface area (Å²) in [4.78, 5) is 16.7. The lowest BCUT2D eigenvalue weighted by atomic mass is 10.2. The van der Waals surface area contributed by atoms with Crippen LogP contribution in [0.1, 0.15) is 23.3 Å². The summed E-state index contributed by atoms with van der Waals surface area (Å²) in [6.45, 7) is 1.59. The van der Waals surface area contributed by atoms with Crippen LogP contribution in [0.3, 0.4) is 0 Å². The third kappa shape index (κ3) is 5.33. The molecule has 148 valence electrons. The number of carbonyl (C=O) groups excluding carboxylic acids is 1. The van der Waals surface area contributed by atoms with E-state index in [4.69, 9.17) is 9.47 Å². The predicted molar refractivity (Wildman–Crippen MR) is 113 cm³/mol. The van der Waals surface area contributed by atoms with Gasteiger partial charge in [-0.25, -0.2) is 4.98 Å². The number of para-hydroxylation sites is 1. The van der Waals surface area contributed by atoms with Crippen LogP contribution in [-0.4, -0.2) is 30.1 Å². The molecule has 3 aromatic rings. The fourth-order valence-corrected chi connectivity index (χ4v) is 3.10. The lowest BCUT2D eigenvalue weighted by Gasteiger charge is -2.12. The van der Waals surface area contributed by atoms with Gasteiger partial charge in [-0.1, -0.05) is 18.2 Å². The number of nitrogens with one attached hydrogen (secondary N) is 2. The summed E-state index contributed by atoms with van der Waals surface area (Å²) >= 11 is 0. The van der Waals surface area contributed by atoms with Gasteiger partial charge in [-0.2, -0.15) is 0 Å². The van der Waals surface area contributed by atoms with E-state index in [9.17, 15) is 4.79 Å². The standard InChI is InChI=1S/C23H23N3O3/c27-23(22-13-10-18(15-25-22)24-16-21-7-4-14-28-21)26-17-8-11-20(12-9-17)29-19-5-2-1-3-6-19/h1-3,5-6,8-13,15,21,24H,4,7,14,16H2,(H,26,27). The van der Waals surface area contributed by atoms with Gasteiger partial charge in [0.15, 0.2) is 0 Å². The van der Waals surface area contributed by atoms with Crippen molar-refractivity contribution in [2.45, 2.75) is 18.9 Å². The van der Waals surface area contributed by atoms with E-state index in [1.807, 2.05) is 48.5 Å². The number of aromatic nitrogens is 1. The first-order valence-corrected chi connectivity index (χ1v) is 9.72. The normalized spacial score (nSPS) is 15.7. The number of carbonyl (C=O) groups is 1. The van der Waals surface area contributed by atoms with Crippen LogP contribution in [0.25, 0.3) is 0 Å². The van der Waals surface area contributed by atoms with Gasteiger partial charge in [0.25, 0.3) is 5.91 Å². The summed E-state index contributed by atoms with van der Waals surface area (Å²) in [5, 5.41) is 6.14. The SMILES string of the molecule is O=C(Nc1ccc(Oc2ccccc2)cc1)c1ccc(NCC2CCCO2)cn1. The molecular formula is C23H23N3O3. The molecule has 0 saturated carbocycles. The summed E-state index contributed by atoms with van der Waals surface area (Å²) in [6.07, 6.45) is 4.12. The molecule has 2 N–H and O–H groups in total. The molecule has 1 fully saturated rings. The van der Waals surface area contributed by atoms with Gasteiger partial charge in [-0.05, 0) is 61.4 Å². The van der Waals surface area contributed by atoms with Crippen LogP contribution in [0, 0.1) is 0 Å². The zero-order chi connectivity index (χ0) is 19.9.